The quantitative estimate of drug-likeness (QED) is 0.768. The van der Waals surface area contributed by atoms with Crippen molar-refractivity contribution in [3.63, 3.8) is 0 Å². The lowest BCUT2D eigenvalue weighted by atomic mass is 9.72. The second kappa shape index (κ2) is 6.38. The number of aliphatic hydroxyl groups excluding tert-OH is 1. The number of hydrogen-bond donors (Lipinski definition) is 1. The highest BCUT2D eigenvalue weighted by atomic mass is 16.3. The van der Waals surface area contributed by atoms with E-state index < -0.39 is 0 Å². The SMILES string of the molecule is C[C@H]1C[C@H]2CCCCC2C1C(O)C[C@H]1CC[C@@H](C)CC1. The second-order valence-corrected chi connectivity index (χ2v) is 8.43. The number of rotatable bonds is 3. The van der Waals surface area contributed by atoms with Crippen LogP contribution in [0.5, 0.6) is 0 Å². The molecule has 3 saturated carbocycles. The molecule has 0 saturated heterocycles. The predicted molar refractivity (Wildman–Crippen MR) is 84.5 cm³/mol. The van der Waals surface area contributed by atoms with Crippen LogP contribution in [-0.4, -0.2) is 11.2 Å². The molecule has 3 fully saturated rings. The minimum atomic E-state index is -0.00324. The average molecular weight is 278 g/mol. The van der Waals surface area contributed by atoms with E-state index in [4.69, 9.17) is 0 Å². The fourth-order valence-corrected chi connectivity index (χ4v) is 5.82. The van der Waals surface area contributed by atoms with Gasteiger partial charge in [0.1, 0.15) is 0 Å². The molecule has 0 heterocycles. The van der Waals surface area contributed by atoms with E-state index in [0.29, 0.717) is 5.92 Å². The van der Waals surface area contributed by atoms with Crippen LogP contribution in [0.25, 0.3) is 0 Å². The normalized spacial score (nSPS) is 47.0. The molecule has 0 radical (unpaired) electrons. The van der Waals surface area contributed by atoms with Gasteiger partial charge in [0.25, 0.3) is 0 Å². The molecule has 20 heavy (non-hydrogen) atoms. The van der Waals surface area contributed by atoms with Gasteiger partial charge in [-0.1, -0.05) is 58.8 Å². The molecule has 0 aromatic carbocycles. The van der Waals surface area contributed by atoms with Crippen molar-refractivity contribution in [2.24, 2.45) is 35.5 Å². The molecule has 3 unspecified atom stereocenters. The summed E-state index contributed by atoms with van der Waals surface area (Å²) in [7, 11) is 0. The first-order valence-electron chi connectivity index (χ1n) is 9.33. The zero-order chi connectivity index (χ0) is 14.1. The lowest BCUT2D eigenvalue weighted by molar-refractivity contribution is 0.0257. The van der Waals surface area contributed by atoms with E-state index in [1.165, 1.54) is 57.8 Å². The summed E-state index contributed by atoms with van der Waals surface area (Å²) in [6, 6.07) is 0. The summed E-state index contributed by atoms with van der Waals surface area (Å²) in [6.07, 6.45) is 13.7. The lowest BCUT2D eigenvalue weighted by Gasteiger charge is -2.35. The molecule has 1 N–H and O–H groups in total. The first-order valence-corrected chi connectivity index (χ1v) is 9.33. The van der Waals surface area contributed by atoms with Crippen LogP contribution < -0.4 is 0 Å². The fraction of sp³-hybridized carbons (Fsp3) is 1.00. The zero-order valence-electron chi connectivity index (χ0n) is 13.6. The number of fused-ring (bicyclic) bond motifs is 1. The van der Waals surface area contributed by atoms with Gasteiger partial charge in [0, 0.05) is 0 Å². The Hall–Kier alpha value is -0.0400. The standard InChI is InChI=1S/C19H34O/c1-13-7-9-15(10-8-13)12-18(20)19-14(2)11-16-5-3-4-6-17(16)19/h13-20H,3-12H2,1-2H3/t13-,14-,15+,16+,17?,18?,19?/m0/s1. The predicted octanol–water partition coefficient (Wildman–Crippen LogP) is 5.03. The molecule has 0 amide bonds. The maximum absolute atomic E-state index is 10.9. The van der Waals surface area contributed by atoms with Gasteiger partial charge in [-0.2, -0.15) is 0 Å². The molecular formula is C19H34O. The van der Waals surface area contributed by atoms with Crippen LogP contribution >= 0.6 is 0 Å². The van der Waals surface area contributed by atoms with E-state index in [2.05, 4.69) is 13.8 Å². The van der Waals surface area contributed by atoms with Crippen molar-refractivity contribution in [2.75, 3.05) is 0 Å². The van der Waals surface area contributed by atoms with Crippen molar-refractivity contribution in [1.29, 1.82) is 0 Å². The molecule has 0 aliphatic heterocycles. The van der Waals surface area contributed by atoms with Crippen molar-refractivity contribution >= 4 is 0 Å². The van der Waals surface area contributed by atoms with Gasteiger partial charge in [0.2, 0.25) is 0 Å². The van der Waals surface area contributed by atoms with Crippen LogP contribution in [0.2, 0.25) is 0 Å². The third-order valence-corrected chi connectivity index (χ3v) is 6.95. The fourth-order valence-electron chi connectivity index (χ4n) is 5.82. The Bertz CT molecular complexity index is 305. The topological polar surface area (TPSA) is 20.2 Å². The monoisotopic (exact) mass is 278 g/mol. The average Bonchev–Trinajstić information content (AvgIpc) is 2.77. The molecule has 1 nitrogen and oxygen atoms in total. The first-order chi connectivity index (χ1) is 9.65. The van der Waals surface area contributed by atoms with Gasteiger partial charge in [0.15, 0.2) is 0 Å². The molecular weight excluding hydrogens is 244 g/mol. The van der Waals surface area contributed by atoms with Crippen molar-refractivity contribution in [3.05, 3.63) is 0 Å². The van der Waals surface area contributed by atoms with Gasteiger partial charge in [-0.05, 0) is 54.8 Å². The maximum Gasteiger partial charge on any atom is 0.0576 e. The maximum atomic E-state index is 10.9. The summed E-state index contributed by atoms with van der Waals surface area (Å²) in [5.74, 6) is 4.94. The Balaban J connectivity index is 1.57. The Morgan fingerprint density at radius 1 is 0.950 bits per heavy atom. The molecule has 116 valence electrons. The van der Waals surface area contributed by atoms with Gasteiger partial charge in [0.05, 0.1) is 6.10 Å². The highest BCUT2D eigenvalue weighted by molar-refractivity contribution is 4.94. The molecule has 0 aromatic heterocycles. The van der Waals surface area contributed by atoms with Gasteiger partial charge in [-0.15, -0.1) is 0 Å². The summed E-state index contributed by atoms with van der Waals surface area (Å²) in [6.45, 7) is 4.80. The van der Waals surface area contributed by atoms with Crippen molar-refractivity contribution < 1.29 is 5.11 Å². The summed E-state index contributed by atoms with van der Waals surface area (Å²) in [5, 5.41) is 10.9. The van der Waals surface area contributed by atoms with Crippen LogP contribution in [0.15, 0.2) is 0 Å². The number of hydrogen-bond acceptors (Lipinski definition) is 1. The van der Waals surface area contributed by atoms with Crippen LogP contribution in [0, 0.1) is 35.5 Å². The number of aliphatic hydroxyl groups is 1. The van der Waals surface area contributed by atoms with Crippen LogP contribution in [-0.2, 0) is 0 Å². The largest absolute Gasteiger partial charge is 0.393 e. The van der Waals surface area contributed by atoms with Gasteiger partial charge < -0.3 is 5.11 Å². The Kier molecular flexibility index (Phi) is 4.75. The molecule has 3 rings (SSSR count). The van der Waals surface area contributed by atoms with E-state index in [1.54, 1.807) is 0 Å². The smallest absolute Gasteiger partial charge is 0.0576 e. The molecule has 3 aliphatic carbocycles. The molecule has 1 heteroatoms. The van der Waals surface area contributed by atoms with Crippen LogP contribution in [0.3, 0.4) is 0 Å². The second-order valence-electron chi connectivity index (χ2n) is 8.43. The molecule has 0 spiro atoms. The Labute approximate surface area is 125 Å². The van der Waals surface area contributed by atoms with Crippen LogP contribution in [0.4, 0.5) is 0 Å². The highest BCUT2D eigenvalue weighted by Crippen LogP contribution is 2.51. The van der Waals surface area contributed by atoms with Gasteiger partial charge in [-0.25, -0.2) is 0 Å². The summed E-state index contributed by atoms with van der Waals surface area (Å²) in [4.78, 5) is 0. The zero-order valence-corrected chi connectivity index (χ0v) is 13.6. The van der Waals surface area contributed by atoms with Gasteiger partial charge in [-0.3, -0.25) is 0 Å². The van der Waals surface area contributed by atoms with E-state index in [0.717, 1.165) is 36.0 Å². The van der Waals surface area contributed by atoms with E-state index in [1.807, 2.05) is 0 Å². The van der Waals surface area contributed by atoms with Gasteiger partial charge >= 0.3 is 0 Å². The highest BCUT2D eigenvalue weighted by Gasteiger charge is 2.45. The molecule has 0 aromatic rings. The summed E-state index contributed by atoms with van der Waals surface area (Å²) in [5.41, 5.74) is 0. The van der Waals surface area contributed by atoms with E-state index in [-0.39, 0.29) is 6.10 Å². The minimum Gasteiger partial charge on any atom is -0.393 e. The lowest BCUT2D eigenvalue weighted by Crippen LogP contribution is -2.33. The Morgan fingerprint density at radius 3 is 2.40 bits per heavy atom. The van der Waals surface area contributed by atoms with E-state index >= 15 is 0 Å². The van der Waals surface area contributed by atoms with Crippen molar-refractivity contribution in [2.45, 2.75) is 84.2 Å². The van der Waals surface area contributed by atoms with Crippen molar-refractivity contribution in [3.8, 4) is 0 Å². The Morgan fingerprint density at radius 2 is 1.65 bits per heavy atom. The molecule has 0 bridgehead atoms. The third-order valence-electron chi connectivity index (χ3n) is 6.95. The molecule has 5 atom stereocenters. The minimum absolute atomic E-state index is 0.00324. The summed E-state index contributed by atoms with van der Waals surface area (Å²) >= 11 is 0. The first kappa shape index (κ1) is 14.9. The molecule has 3 aliphatic rings. The summed E-state index contributed by atoms with van der Waals surface area (Å²) < 4.78 is 0. The van der Waals surface area contributed by atoms with Crippen molar-refractivity contribution in [1.82, 2.24) is 0 Å². The van der Waals surface area contributed by atoms with Crippen LogP contribution in [0.1, 0.15) is 78.1 Å². The van der Waals surface area contributed by atoms with E-state index in [9.17, 15) is 5.11 Å². The third kappa shape index (κ3) is 3.08.